The molecule has 98 valence electrons. The van der Waals surface area contributed by atoms with Crippen molar-refractivity contribution in [2.75, 3.05) is 21.3 Å². The standard InChI is InChI=1S/C11H13NO6/c1-6-9(16-2)8(12(14)15)7(5-13)11(18-4)10(6)17-3/h5H,1-4H3. The molecule has 0 aliphatic rings. The van der Waals surface area contributed by atoms with E-state index < -0.39 is 10.6 Å². The molecule has 0 unspecified atom stereocenters. The largest absolute Gasteiger partial charge is 0.492 e. The van der Waals surface area contributed by atoms with Crippen LogP contribution in [-0.4, -0.2) is 32.5 Å². The van der Waals surface area contributed by atoms with Crippen molar-refractivity contribution >= 4 is 12.0 Å². The molecule has 1 rings (SSSR count). The SMILES string of the molecule is COc1c(C)c(OC)c([N+](=O)[O-])c(C=O)c1OC. The van der Waals surface area contributed by atoms with Crippen LogP contribution in [0.15, 0.2) is 0 Å². The monoisotopic (exact) mass is 255 g/mol. The van der Waals surface area contributed by atoms with Gasteiger partial charge in [0.05, 0.1) is 26.3 Å². The molecule has 0 aliphatic carbocycles. The molecule has 18 heavy (non-hydrogen) atoms. The Morgan fingerprint density at radius 1 is 1.06 bits per heavy atom. The van der Waals surface area contributed by atoms with Crippen molar-refractivity contribution < 1.29 is 23.9 Å². The molecule has 0 spiro atoms. The molecule has 0 heterocycles. The average molecular weight is 255 g/mol. The zero-order valence-electron chi connectivity index (χ0n) is 10.5. The summed E-state index contributed by atoms with van der Waals surface area (Å²) >= 11 is 0. The molecule has 0 radical (unpaired) electrons. The highest BCUT2D eigenvalue weighted by Gasteiger charge is 2.31. The van der Waals surface area contributed by atoms with E-state index in [9.17, 15) is 14.9 Å². The fraction of sp³-hybridized carbons (Fsp3) is 0.364. The summed E-state index contributed by atoms with van der Waals surface area (Å²) in [5, 5.41) is 11.1. The van der Waals surface area contributed by atoms with Crippen molar-refractivity contribution in [2.45, 2.75) is 6.92 Å². The Labute approximate surface area is 103 Å². The van der Waals surface area contributed by atoms with Crippen LogP contribution < -0.4 is 14.2 Å². The van der Waals surface area contributed by atoms with E-state index in [-0.39, 0.29) is 22.8 Å². The quantitative estimate of drug-likeness (QED) is 0.452. The first-order chi connectivity index (χ1) is 8.53. The molecule has 0 fully saturated rings. The minimum absolute atomic E-state index is 0.0141. The molecule has 0 atom stereocenters. The Morgan fingerprint density at radius 2 is 1.56 bits per heavy atom. The average Bonchev–Trinajstić information content (AvgIpc) is 2.36. The van der Waals surface area contributed by atoms with Crippen molar-refractivity contribution in [2.24, 2.45) is 0 Å². The summed E-state index contributed by atoms with van der Waals surface area (Å²) in [5.74, 6) is 0.249. The fourth-order valence-electron chi connectivity index (χ4n) is 1.79. The van der Waals surface area contributed by atoms with Gasteiger partial charge in [-0.2, -0.15) is 0 Å². The molecular formula is C11H13NO6. The zero-order valence-corrected chi connectivity index (χ0v) is 10.5. The molecule has 0 N–H and O–H groups in total. The Morgan fingerprint density at radius 3 is 1.89 bits per heavy atom. The van der Waals surface area contributed by atoms with Crippen LogP contribution in [0.25, 0.3) is 0 Å². The van der Waals surface area contributed by atoms with Gasteiger partial charge in [-0.15, -0.1) is 0 Å². The van der Waals surface area contributed by atoms with Crippen molar-refractivity contribution in [1.82, 2.24) is 0 Å². The summed E-state index contributed by atoms with van der Waals surface area (Å²) in [6, 6.07) is 0. The van der Waals surface area contributed by atoms with E-state index in [2.05, 4.69) is 0 Å². The predicted molar refractivity (Wildman–Crippen MR) is 62.9 cm³/mol. The smallest absolute Gasteiger partial charge is 0.325 e. The van der Waals surface area contributed by atoms with Gasteiger partial charge in [-0.1, -0.05) is 0 Å². The lowest BCUT2D eigenvalue weighted by Gasteiger charge is -2.15. The van der Waals surface area contributed by atoms with Gasteiger partial charge >= 0.3 is 5.69 Å². The van der Waals surface area contributed by atoms with E-state index in [0.29, 0.717) is 11.8 Å². The van der Waals surface area contributed by atoms with E-state index in [1.165, 1.54) is 21.3 Å². The number of hydrogen-bond donors (Lipinski definition) is 0. The first-order valence-corrected chi connectivity index (χ1v) is 4.95. The third-order valence-corrected chi connectivity index (χ3v) is 2.52. The highest BCUT2D eigenvalue weighted by molar-refractivity contribution is 5.91. The normalized spacial score (nSPS) is 9.78. The number of methoxy groups -OCH3 is 3. The van der Waals surface area contributed by atoms with Crippen LogP contribution in [-0.2, 0) is 0 Å². The molecule has 0 amide bonds. The van der Waals surface area contributed by atoms with E-state index in [1.807, 2.05) is 0 Å². The zero-order chi connectivity index (χ0) is 13.9. The van der Waals surface area contributed by atoms with Crippen molar-refractivity contribution in [3.05, 3.63) is 21.2 Å². The van der Waals surface area contributed by atoms with Crippen LogP contribution in [0.4, 0.5) is 5.69 Å². The molecule has 0 aliphatic heterocycles. The second-order valence-electron chi connectivity index (χ2n) is 3.36. The first-order valence-electron chi connectivity index (χ1n) is 4.95. The maximum absolute atomic E-state index is 11.1. The van der Waals surface area contributed by atoms with Gasteiger partial charge in [0.25, 0.3) is 0 Å². The highest BCUT2D eigenvalue weighted by atomic mass is 16.6. The van der Waals surface area contributed by atoms with Crippen molar-refractivity contribution in [3.8, 4) is 17.2 Å². The minimum atomic E-state index is -0.683. The van der Waals surface area contributed by atoms with Crippen LogP contribution in [0.2, 0.25) is 0 Å². The number of ether oxygens (including phenoxy) is 3. The molecule has 7 nitrogen and oxygen atoms in total. The van der Waals surface area contributed by atoms with Crippen LogP contribution in [0.5, 0.6) is 17.2 Å². The Balaban J connectivity index is 3.85. The van der Waals surface area contributed by atoms with Crippen LogP contribution >= 0.6 is 0 Å². The number of carbonyl (C=O) groups is 1. The van der Waals surface area contributed by atoms with Gasteiger partial charge in [0.1, 0.15) is 5.56 Å². The number of benzene rings is 1. The van der Waals surface area contributed by atoms with Gasteiger partial charge in [0, 0.05) is 5.56 Å². The van der Waals surface area contributed by atoms with Gasteiger partial charge in [0.2, 0.25) is 5.75 Å². The lowest BCUT2D eigenvalue weighted by atomic mass is 10.1. The second-order valence-corrected chi connectivity index (χ2v) is 3.36. The van der Waals surface area contributed by atoms with Gasteiger partial charge in [-0.05, 0) is 6.92 Å². The summed E-state index contributed by atoms with van der Waals surface area (Å²) in [7, 11) is 3.97. The summed E-state index contributed by atoms with van der Waals surface area (Å²) in [4.78, 5) is 21.4. The van der Waals surface area contributed by atoms with Gasteiger partial charge in [-0.25, -0.2) is 0 Å². The Bertz CT molecular complexity index is 495. The Kier molecular flexibility index (Phi) is 4.09. The van der Waals surface area contributed by atoms with E-state index in [1.54, 1.807) is 6.92 Å². The number of rotatable bonds is 5. The number of nitrogens with zero attached hydrogens (tertiary/aromatic N) is 1. The van der Waals surface area contributed by atoms with E-state index in [4.69, 9.17) is 14.2 Å². The topological polar surface area (TPSA) is 87.9 Å². The third-order valence-electron chi connectivity index (χ3n) is 2.52. The lowest BCUT2D eigenvalue weighted by molar-refractivity contribution is -0.386. The summed E-state index contributed by atoms with van der Waals surface area (Å²) in [5.41, 5.74) is -0.237. The van der Waals surface area contributed by atoms with Crippen molar-refractivity contribution in [3.63, 3.8) is 0 Å². The lowest BCUT2D eigenvalue weighted by Crippen LogP contribution is -2.05. The number of carbonyl (C=O) groups excluding carboxylic acids is 1. The van der Waals surface area contributed by atoms with E-state index >= 15 is 0 Å². The van der Waals surface area contributed by atoms with Gasteiger partial charge in [0.15, 0.2) is 17.8 Å². The Hall–Kier alpha value is -2.31. The molecule has 1 aromatic rings. The third kappa shape index (κ3) is 1.94. The molecule has 0 saturated carbocycles. The molecule has 0 aromatic heterocycles. The van der Waals surface area contributed by atoms with E-state index in [0.717, 1.165) is 0 Å². The van der Waals surface area contributed by atoms with Crippen molar-refractivity contribution in [1.29, 1.82) is 0 Å². The number of hydrogen-bond acceptors (Lipinski definition) is 6. The summed E-state index contributed by atoms with van der Waals surface area (Å²) in [6.45, 7) is 1.59. The van der Waals surface area contributed by atoms with Crippen LogP contribution in [0.3, 0.4) is 0 Å². The summed E-state index contributed by atoms with van der Waals surface area (Å²) in [6.07, 6.45) is 0.349. The maximum Gasteiger partial charge on any atom is 0.325 e. The fourth-order valence-corrected chi connectivity index (χ4v) is 1.79. The van der Waals surface area contributed by atoms with Crippen LogP contribution in [0, 0.1) is 17.0 Å². The predicted octanol–water partition coefficient (Wildman–Crippen LogP) is 1.74. The highest BCUT2D eigenvalue weighted by Crippen LogP contribution is 2.46. The van der Waals surface area contributed by atoms with Gasteiger partial charge < -0.3 is 14.2 Å². The number of nitro groups is 1. The second kappa shape index (κ2) is 5.35. The molecule has 0 saturated heterocycles. The number of nitro benzene ring substituents is 1. The molecular weight excluding hydrogens is 242 g/mol. The van der Waals surface area contributed by atoms with Crippen LogP contribution in [0.1, 0.15) is 15.9 Å². The minimum Gasteiger partial charge on any atom is -0.492 e. The molecule has 1 aromatic carbocycles. The molecule has 0 bridgehead atoms. The first kappa shape index (κ1) is 13.8. The summed E-state index contributed by atoms with van der Waals surface area (Å²) < 4.78 is 15.1. The maximum atomic E-state index is 11.1. The molecule has 7 heteroatoms. The van der Waals surface area contributed by atoms with Gasteiger partial charge in [-0.3, -0.25) is 14.9 Å². The number of aldehydes is 1.